The minimum Gasteiger partial charge on any atom is -0.462 e. The van der Waals surface area contributed by atoms with Gasteiger partial charge in [-0.2, -0.15) is 0 Å². The summed E-state index contributed by atoms with van der Waals surface area (Å²) in [6.45, 7) is 6.55. The molecule has 0 fully saturated rings. The molecule has 0 N–H and O–H groups in total. The number of carbonyl (C=O) groups is 2. The van der Waals surface area contributed by atoms with Crippen molar-refractivity contribution in [1.82, 2.24) is 0 Å². The lowest BCUT2D eigenvalue weighted by Gasteiger charge is -2.31. The van der Waals surface area contributed by atoms with Gasteiger partial charge in [0.2, 0.25) is 0 Å². The van der Waals surface area contributed by atoms with Gasteiger partial charge < -0.3 is 4.74 Å². The lowest BCUT2D eigenvalue weighted by molar-refractivity contribution is 0.0526. The zero-order chi connectivity index (χ0) is 18.7. The van der Waals surface area contributed by atoms with E-state index in [1.807, 2.05) is 30.4 Å². The third kappa shape index (κ3) is 3.77. The van der Waals surface area contributed by atoms with Gasteiger partial charge in [0.1, 0.15) is 0 Å². The standard InChI is InChI=1S/C23H24O3/c1-4-26-22(25)18-10-7-16(8-11-18)5-6-17-9-12-20-19(15-17)21(24)13-14-23(20,2)3/h5-12,15H,4,13-14H2,1-3H3. The van der Waals surface area contributed by atoms with Gasteiger partial charge in [-0.05, 0) is 53.6 Å². The van der Waals surface area contributed by atoms with Gasteiger partial charge in [0.05, 0.1) is 12.2 Å². The van der Waals surface area contributed by atoms with Crippen molar-refractivity contribution in [2.45, 2.75) is 39.0 Å². The molecule has 0 aromatic heterocycles. The lowest BCUT2D eigenvalue weighted by Crippen LogP contribution is -2.27. The van der Waals surface area contributed by atoms with Crippen LogP contribution in [0.25, 0.3) is 12.2 Å². The molecule has 0 saturated heterocycles. The Kier molecular flexibility index (Phi) is 5.08. The highest BCUT2D eigenvalue weighted by Crippen LogP contribution is 2.37. The van der Waals surface area contributed by atoms with Crippen LogP contribution in [0, 0.1) is 0 Å². The lowest BCUT2D eigenvalue weighted by atomic mass is 9.72. The van der Waals surface area contributed by atoms with E-state index >= 15 is 0 Å². The van der Waals surface area contributed by atoms with Gasteiger partial charge in [-0.3, -0.25) is 4.79 Å². The van der Waals surface area contributed by atoms with Crippen LogP contribution in [0.3, 0.4) is 0 Å². The minimum absolute atomic E-state index is 0.0500. The van der Waals surface area contributed by atoms with Crippen LogP contribution >= 0.6 is 0 Å². The number of benzene rings is 2. The fourth-order valence-corrected chi connectivity index (χ4v) is 3.32. The molecule has 2 aromatic carbocycles. The number of esters is 1. The summed E-state index contributed by atoms with van der Waals surface area (Å²) in [6, 6.07) is 13.4. The molecule has 0 heterocycles. The van der Waals surface area contributed by atoms with Crippen molar-refractivity contribution in [3.05, 3.63) is 70.3 Å². The third-order valence-electron chi connectivity index (χ3n) is 4.94. The fraction of sp³-hybridized carbons (Fsp3) is 0.304. The van der Waals surface area contributed by atoms with Crippen molar-refractivity contribution in [1.29, 1.82) is 0 Å². The Morgan fingerprint density at radius 1 is 1.08 bits per heavy atom. The molecule has 3 rings (SSSR count). The number of ketones is 1. The zero-order valence-corrected chi connectivity index (χ0v) is 15.5. The van der Waals surface area contributed by atoms with Crippen LogP contribution in [0.5, 0.6) is 0 Å². The van der Waals surface area contributed by atoms with Crippen molar-refractivity contribution in [3.63, 3.8) is 0 Å². The summed E-state index contributed by atoms with van der Waals surface area (Å²) in [5, 5.41) is 0. The molecule has 0 amide bonds. The Labute approximate surface area is 154 Å². The average Bonchev–Trinajstić information content (AvgIpc) is 2.64. The molecule has 0 radical (unpaired) electrons. The second-order valence-electron chi connectivity index (χ2n) is 7.29. The summed E-state index contributed by atoms with van der Waals surface area (Å²) in [5.41, 5.74) is 4.58. The Hall–Kier alpha value is -2.68. The number of carbonyl (C=O) groups excluding carboxylic acids is 2. The average molecular weight is 348 g/mol. The second-order valence-corrected chi connectivity index (χ2v) is 7.29. The van der Waals surface area contributed by atoms with E-state index in [0.29, 0.717) is 18.6 Å². The first-order chi connectivity index (χ1) is 12.4. The molecule has 1 aliphatic carbocycles. The van der Waals surface area contributed by atoms with E-state index < -0.39 is 0 Å². The number of hydrogen-bond acceptors (Lipinski definition) is 3. The summed E-state index contributed by atoms with van der Waals surface area (Å²) < 4.78 is 4.99. The van der Waals surface area contributed by atoms with Gasteiger partial charge in [-0.15, -0.1) is 0 Å². The summed E-state index contributed by atoms with van der Waals surface area (Å²) in [7, 11) is 0. The normalized spacial score (nSPS) is 15.7. The first-order valence-corrected chi connectivity index (χ1v) is 9.04. The summed E-state index contributed by atoms with van der Waals surface area (Å²) in [4.78, 5) is 24.0. The van der Waals surface area contributed by atoms with E-state index in [1.165, 1.54) is 0 Å². The third-order valence-corrected chi connectivity index (χ3v) is 4.94. The van der Waals surface area contributed by atoms with Gasteiger partial charge in [0, 0.05) is 12.0 Å². The minimum atomic E-state index is -0.307. The largest absolute Gasteiger partial charge is 0.462 e. The molecular formula is C23H24O3. The maximum atomic E-state index is 12.3. The number of rotatable bonds is 4. The van der Waals surface area contributed by atoms with Crippen LogP contribution in [0.4, 0.5) is 0 Å². The van der Waals surface area contributed by atoms with Crippen molar-refractivity contribution >= 4 is 23.9 Å². The van der Waals surface area contributed by atoms with Crippen molar-refractivity contribution < 1.29 is 14.3 Å². The smallest absolute Gasteiger partial charge is 0.338 e. The fourth-order valence-electron chi connectivity index (χ4n) is 3.32. The van der Waals surface area contributed by atoms with Gasteiger partial charge in [0.15, 0.2) is 5.78 Å². The van der Waals surface area contributed by atoms with E-state index in [2.05, 4.69) is 26.0 Å². The molecule has 0 bridgehead atoms. The first-order valence-electron chi connectivity index (χ1n) is 9.04. The van der Waals surface area contributed by atoms with Crippen LogP contribution in [0.2, 0.25) is 0 Å². The first kappa shape index (κ1) is 18.1. The number of fused-ring (bicyclic) bond motifs is 1. The highest BCUT2D eigenvalue weighted by molar-refractivity contribution is 5.99. The summed E-state index contributed by atoms with van der Waals surface area (Å²) in [5.74, 6) is -0.0767. The van der Waals surface area contributed by atoms with Crippen LogP contribution in [-0.2, 0) is 10.2 Å². The van der Waals surface area contributed by atoms with E-state index in [1.54, 1.807) is 19.1 Å². The van der Waals surface area contributed by atoms with Crippen molar-refractivity contribution in [2.75, 3.05) is 6.61 Å². The number of ether oxygens (including phenoxy) is 1. The molecule has 26 heavy (non-hydrogen) atoms. The number of Topliss-reactive ketones (excluding diaryl/α,β-unsaturated/α-hetero) is 1. The summed E-state index contributed by atoms with van der Waals surface area (Å²) in [6.07, 6.45) is 5.49. The van der Waals surface area contributed by atoms with Gasteiger partial charge in [-0.1, -0.05) is 50.3 Å². The molecule has 3 nitrogen and oxygen atoms in total. The number of hydrogen-bond donors (Lipinski definition) is 0. The molecule has 0 unspecified atom stereocenters. The summed E-state index contributed by atoms with van der Waals surface area (Å²) >= 11 is 0. The van der Waals surface area contributed by atoms with E-state index in [-0.39, 0.29) is 17.2 Å². The predicted octanol–water partition coefficient (Wildman–Crippen LogP) is 5.29. The maximum absolute atomic E-state index is 12.3. The van der Waals surface area contributed by atoms with Crippen LogP contribution < -0.4 is 0 Å². The highest BCUT2D eigenvalue weighted by atomic mass is 16.5. The quantitative estimate of drug-likeness (QED) is 0.557. The highest BCUT2D eigenvalue weighted by Gasteiger charge is 2.31. The molecule has 134 valence electrons. The molecule has 0 atom stereocenters. The maximum Gasteiger partial charge on any atom is 0.338 e. The molecule has 0 saturated carbocycles. The SMILES string of the molecule is CCOC(=O)c1ccc(C=Cc2ccc3c(c2)C(=O)CCC3(C)C)cc1. The van der Waals surface area contributed by atoms with Crippen molar-refractivity contribution in [2.24, 2.45) is 0 Å². The molecule has 0 spiro atoms. The van der Waals surface area contributed by atoms with Crippen LogP contribution in [0.15, 0.2) is 42.5 Å². The zero-order valence-electron chi connectivity index (χ0n) is 15.5. The molecule has 3 heteroatoms. The van der Waals surface area contributed by atoms with Crippen LogP contribution in [-0.4, -0.2) is 18.4 Å². The Balaban J connectivity index is 1.80. The second kappa shape index (κ2) is 7.28. The van der Waals surface area contributed by atoms with E-state index in [0.717, 1.165) is 28.7 Å². The topological polar surface area (TPSA) is 43.4 Å². The van der Waals surface area contributed by atoms with Gasteiger partial charge in [-0.25, -0.2) is 4.79 Å². The van der Waals surface area contributed by atoms with Crippen molar-refractivity contribution in [3.8, 4) is 0 Å². The van der Waals surface area contributed by atoms with Gasteiger partial charge >= 0.3 is 5.97 Å². The molecule has 2 aromatic rings. The monoisotopic (exact) mass is 348 g/mol. The van der Waals surface area contributed by atoms with E-state index in [4.69, 9.17) is 4.74 Å². The predicted molar refractivity (Wildman–Crippen MR) is 104 cm³/mol. The Morgan fingerprint density at radius 3 is 2.42 bits per heavy atom. The Bertz CT molecular complexity index is 858. The molecule has 1 aliphatic rings. The molecule has 0 aliphatic heterocycles. The molecular weight excluding hydrogens is 324 g/mol. The van der Waals surface area contributed by atoms with Gasteiger partial charge in [0.25, 0.3) is 0 Å². The Morgan fingerprint density at radius 2 is 1.73 bits per heavy atom. The van der Waals surface area contributed by atoms with Crippen LogP contribution in [0.1, 0.15) is 71.0 Å². The van der Waals surface area contributed by atoms with E-state index in [9.17, 15) is 9.59 Å².